The summed E-state index contributed by atoms with van der Waals surface area (Å²) in [7, 11) is 0. The minimum absolute atomic E-state index is 0.792. The molecule has 0 amide bonds. The number of hydrogen-bond acceptors (Lipinski definition) is 1. The molecule has 0 unspecified atom stereocenters. The van der Waals surface area contributed by atoms with Gasteiger partial charge in [-0.2, -0.15) is 0 Å². The molecule has 2 heteroatoms. The van der Waals surface area contributed by atoms with E-state index in [1.165, 1.54) is 24.0 Å². The van der Waals surface area contributed by atoms with Crippen LogP contribution in [-0.2, 0) is 6.54 Å². The molecular weight excluding hydrogens is 194 g/mol. The lowest BCUT2D eigenvalue weighted by Gasteiger charge is -2.06. The molecule has 0 spiro atoms. The van der Waals surface area contributed by atoms with Gasteiger partial charge >= 0.3 is 0 Å². The van der Waals surface area contributed by atoms with Crippen LogP contribution in [0, 0.1) is 0 Å². The van der Waals surface area contributed by atoms with Crippen molar-refractivity contribution >= 4 is 11.6 Å². The van der Waals surface area contributed by atoms with Gasteiger partial charge in [0, 0.05) is 11.6 Å². The van der Waals surface area contributed by atoms with Crippen molar-refractivity contribution in [3.8, 4) is 0 Å². The molecular formula is C12H16ClN. The summed E-state index contributed by atoms with van der Waals surface area (Å²) in [5, 5.41) is 4.20. The van der Waals surface area contributed by atoms with Crippen LogP contribution >= 0.6 is 11.6 Å². The minimum Gasteiger partial charge on any atom is -0.313 e. The van der Waals surface area contributed by atoms with Gasteiger partial charge in [0.25, 0.3) is 0 Å². The summed E-state index contributed by atoms with van der Waals surface area (Å²) in [5.74, 6) is 0.792. The molecule has 0 saturated heterocycles. The minimum atomic E-state index is 0.792. The molecule has 0 aromatic heterocycles. The van der Waals surface area contributed by atoms with Crippen molar-refractivity contribution < 1.29 is 0 Å². The smallest absolute Gasteiger partial charge is 0.0453 e. The molecule has 0 radical (unpaired) electrons. The van der Waals surface area contributed by atoms with Crippen LogP contribution in [0.25, 0.3) is 0 Å². The highest BCUT2D eigenvalue weighted by atomic mass is 35.5. The number of halogens is 1. The zero-order valence-electron chi connectivity index (χ0n) is 8.52. The molecule has 1 saturated carbocycles. The second-order valence-electron chi connectivity index (χ2n) is 3.91. The Hall–Kier alpha value is -0.530. The van der Waals surface area contributed by atoms with Gasteiger partial charge in [0.2, 0.25) is 0 Å². The van der Waals surface area contributed by atoms with Gasteiger partial charge in [-0.1, -0.05) is 30.7 Å². The van der Waals surface area contributed by atoms with Crippen LogP contribution in [-0.4, -0.2) is 6.54 Å². The number of nitrogens with one attached hydrogen (secondary N) is 1. The van der Waals surface area contributed by atoms with Crippen molar-refractivity contribution in [1.29, 1.82) is 0 Å². The zero-order valence-corrected chi connectivity index (χ0v) is 9.27. The molecule has 2 rings (SSSR count). The molecule has 1 aliphatic rings. The highest BCUT2D eigenvalue weighted by Crippen LogP contribution is 2.41. The van der Waals surface area contributed by atoms with Crippen LogP contribution in [0.3, 0.4) is 0 Å². The summed E-state index contributed by atoms with van der Waals surface area (Å²) in [6, 6.07) is 6.50. The lowest BCUT2D eigenvalue weighted by Crippen LogP contribution is -2.12. The second-order valence-corrected chi connectivity index (χ2v) is 4.31. The Kier molecular flexibility index (Phi) is 3.09. The zero-order chi connectivity index (χ0) is 9.97. The molecule has 1 nitrogen and oxygen atoms in total. The normalized spacial score (nSPS) is 15.9. The van der Waals surface area contributed by atoms with Crippen LogP contribution in [0.2, 0.25) is 5.02 Å². The van der Waals surface area contributed by atoms with Crippen LogP contribution in [0.5, 0.6) is 0 Å². The standard InChI is InChI=1S/C12H16ClN/c1-2-14-8-11-6-5-10(7-12(11)13)9-3-4-9/h5-7,9,14H,2-4,8H2,1H3. The SMILES string of the molecule is CCNCc1ccc(C2CC2)cc1Cl. The van der Waals surface area contributed by atoms with E-state index in [4.69, 9.17) is 11.6 Å². The first kappa shape index (κ1) is 10.0. The molecule has 1 aliphatic carbocycles. The molecule has 14 heavy (non-hydrogen) atoms. The molecule has 0 aliphatic heterocycles. The summed E-state index contributed by atoms with van der Waals surface area (Å²) in [6.45, 7) is 3.97. The fourth-order valence-electron chi connectivity index (χ4n) is 1.64. The number of hydrogen-bond donors (Lipinski definition) is 1. The molecule has 1 aromatic carbocycles. The lowest BCUT2D eigenvalue weighted by molar-refractivity contribution is 0.726. The van der Waals surface area contributed by atoms with Crippen LogP contribution in [0.15, 0.2) is 18.2 Å². The van der Waals surface area contributed by atoms with Gasteiger partial charge in [-0.15, -0.1) is 0 Å². The number of rotatable bonds is 4. The Labute approximate surface area is 90.5 Å². The van der Waals surface area contributed by atoms with Gasteiger partial charge < -0.3 is 5.32 Å². The maximum Gasteiger partial charge on any atom is 0.0453 e. The highest BCUT2D eigenvalue weighted by Gasteiger charge is 2.23. The van der Waals surface area contributed by atoms with E-state index < -0.39 is 0 Å². The molecule has 0 heterocycles. The summed E-state index contributed by atoms with van der Waals surface area (Å²) < 4.78 is 0. The van der Waals surface area contributed by atoms with Crippen molar-refractivity contribution in [2.24, 2.45) is 0 Å². The molecule has 0 bridgehead atoms. The van der Waals surface area contributed by atoms with Crippen molar-refractivity contribution in [3.63, 3.8) is 0 Å². The Morgan fingerprint density at radius 3 is 2.79 bits per heavy atom. The van der Waals surface area contributed by atoms with Crippen LogP contribution < -0.4 is 5.32 Å². The van der Waals surface area contributed by atoms with Gasteiger partial charge in [0.05, 0.1) is 0 Å². The van der Waals surface area contributed by atoms with Gasteiger partial charge in [-0.05, 0) is 42.5 Å². The predicted octanol–water partition coefficient (Wildman–Crippen LogP) is 3.33. The van der Waals surface area contributed by atoms with Crippen LogP contribution in [0.4, 0.5) is 0 Å². The van der Waals surface area contributed by atoms with E-state index in [1.807, 2.05) is 0 Å². The van der Waals surface area contributed by atoms with E-state index in [-0.39, 0.29) is 0 Å². The summed E-state index contributed by atoms with van der Waals surface area (Å²) in [4.78, 5) is 0. The predicted molar refractivity (Wildman–Crippen MR) is 60.8 cm³/mol. The monoisotopic (exact) mass is 209 g/mol. The van der Waals surface area contributed by atoms with E-state index in [0.29, 0.717) is 0 Å². The van der Waals surface area contributed by atoms with Crippen molar-refractivity contribution in [1.82, 2.24) is 5.32 Å². The summed E-state index contributed by atoms with van der Waals surface area (Å²) in [6.07, 6.45) is 2.67. The number of benzene rings is 1. The Balaban J connectivity index is 2.09. The Bertz CT molecular complexity index is 318. The fourth-order valence-corrected chi connectivity index (χ4v) is 1.89. The average Bonchev–Trinajstić information content (AvgIpc) is 2.99. The summed E-state index contributed by atoms with van der Waals surface area (Å²) in [5.41, 5.74) is 2.62. The van der Waals surface area contributed by atoms with Gasteiger partial charge in [0.15, 0.2) is 0 Å². The quantitative estimate of drug-likeness (QED) is 0.802. The fraction of sp³-hybridized carbons (Fsp3) is 0.500. The van der Waals surface area contributed by atoms with Crippen molar-refractivity contribution in [3.05, 3.63) is 34.3 Å². The lowest BCUT2D eigenvalue weighted by atomic mass is 10.1. The maximum atomic E-state index is 6.20. The summed E-state index contributed by atoms with van der Waals surface area (Å²) >= 11 is 6.20. The molecule has 1 fully saturated rings. The van der Waals surface area contributed by atoms with E-state index in [2.05, 4.69) is 30.4 Å². The first-order valence-electron chi connectivity index (χ1n) is 5.30. The largest absolute Gasteiger partial charge is 0.313 e. The molecule has 1 aromatic rings. The third-order valence-corrected chi connectivity index (χ3v) is 3.04. The van der Waals surface area contributed by atoms with Gasteiger partial charge in [-0.25, -0.2) is 0 Å². The molecule has 76 valence electrons. The first-order valence-corrected chi connectivity index (χ1v) is 5.68. The topological polar surface area (TPSA) is 12.0 Å². The van der Waals surface area contributed by atoms with Gasteiger partial charge in [0.1, 0.15) is 0 Å². The van der Waals surface area contributed by atoms with E-state index in [0.717, 1.165) is 24.0 Å². The van der Waals surface area contributed by atoms with Gasteiger partial charge in [-0.3, -0.25) is 0 Å². The second kappa shape index (κ2) is 4.33. The Morgan fingerprint density at radius 1 is 1.43 bits per heavy atom. The highest BCUT2D eigenvalue weighted by molar-refractivity contribution is 6.31. The first-order chi connectivity index (χ1) is 6.81. The van der Waals surface area contributed by atoms with Crippen LogP contribution in [0.1, 0.15) is 36.8 Å². The van der Waals surface area contributed by atoms with Crippen molar-refractivity contribution in [2.45, 2.75) is 32.2 Å². The maximum absolute atomic E-state index is 6.20. The average molecular weight is 210 g/mol. The molecule has 1 N–H and O–H groups in total. The molecule has 0 atom stereocenters. The third-order valence-electron chi connectivity index (χ3n) is 2.69. The van der Waals surface area contributed by atoms with Crippen molar-refractivity contribution in [2.75, 3.05) is 6.54 Å². The van der Waals surface area contributed by atoms with E-state index >= 15 is 0 Å². The van der Waals surface area contributed by atoms with E-state index in [9.17, 15) is 0 Å². The van der Waals surface area contributed by atoms with E-state index in [1.54, 1.807) is 0 Å². The third kappa shape index (κ3) is 2.28. The Morgan fingerprint density at radius 2 is 2.21 bits per heavy atom.